The molecule has 5 fully saturated rings. The molecule has 9 aromatic rings. The fourth-order valence-corrected chi connectivity index (χ4v) is 19.9. The van der Waals surface area contributed by atoms with E-state index in [-0.39, 0.29) is 71.6 Å². The van der Waals surface area contributed by atoms with Crippen molar-refractivity contribution >= 4 is 149 Å². The summed E-state index contributed by atoms with van der Waals surface area (Å²) < 4.78 is 129. The average Bonchev–Trinajstić information content (AvgIpc) is 1.63. The molecule has 0 unspecified atom stereocenters. The number of amides is 3. The Morgan fingerprint density at radius 1 is 0.528 bits per heavy atom. The zero-order valence-corrected chi connectivity index (χ0v) is 63.8. The van der Waals surface area contributed by atoms with Crippen LogP contribution in [0.5, 0.6) is 5.75 Å². The maximum atomic E-state index is 13.8. The van der Waals surface area contributed by atoms with Crippen LogP contribution in [0.1, 0.15) is 58.2 Å². The summed E-state index contributed by atoms with van der Waals surface area (Å²) in [6.45, 7) is 11.9. The van der Waals surface area contributed by atoms with Gasteiger partial charge in [-0.05, 0) is 166 Å². The fourth-order valence-electron chi connectivity index (χ4n) is 14.0. The molecule has 5 saturated heterocycles. The second-order valence-electron chi connectivity index (χ2n) is 25.7. The van der Waals surface area contributed by atoms with Crippen molar-refractivity contribution in [2.75, 3.05) is 124 Å². The van der Waals surface area contributed by atoms with Crippen LogP contribution in [-0.4, -0.2) is 176 Å². The summed E-state index contributed by atoms with van der Waals surface area (Å²) >= 11 is 16.0. The van der Waals surface area contributed by atoms with Crippen LogP contribution in [0.2, 0.25) is 10.0 Å². The molecule has 9 heterocycles. The summed E-state index contributed by atoms with van der Waals surface area (Å²) in [5, 5.41) is 5.07. The van der Waals surface area contributed by atoms with Gasteiger partial charge >= 0.3 is 0 Å². The first-order valence-electron chi connectivity index (χ1n) is 33.9. The van der Waals surface area contributed by atoms with Gasteiger partial charge in [0.25, 0.3) is 30.1 Å². The first-order valence-corrected chi connectivity index (χ1v) is 41.6. The molecule has 0 spiro atoms. The van der Waals surface area contributed by atoms with Gasteiger partial charge in [0.05, 0.1) is 44.6 Å². The molecule has 0 saturated carbocycles. The van der Waals surface area contributed by atoms with Crippen molar-refractivity contribution in [2.45, 2.75) is 78.4 Å². The van der Waals surface area contributed by atoms with Crippen LogP contribution in [0.15, 0.2) is 165 Å². The molecule has 15 rings (SSSR count). The Balaban J connectivity index is 0.000000256. The largest absolute Gasteiger partial charge is 0.495 e. The summed E-state index contributed by atoms with van der Waals surface area (Å²) in [5.41, 5.74) is 5.20. The average molecular weight is 1620 g/mol. The van der Waals surface area contributed by atoms with E-state index in [9.17, 15) is 52.8 Å². The quantitative estimate of drug-likeness (QED) is 0.0679. The van der Waals surface area contributed by atoms with Crippen molar-refractivity contribution < 1.29 is 67.5 Å². The Bertz CT molecular complexity index is 5070. The van der Waals surface area contributed by atoms with Crippen LogP contribution in [0.3, 0.4) is 0 Å². The number of sulfonamides is 3. The molecular weight excluding hydrogens is 1530 g/mol. The van der Waals surface area contributed by atoms with E-state index in [0.717, 1.165) is 71.8 Å². The molecule has 572 valence electrons. The molecule has 24 nitrogen and oxygen atoms in total. The van der Waals surface area contributed by atoms with Crippen molar-refractivity contribution in [3.8, 4) is 5.75 Å². The second kappa shape index (κ2) is 32.1. The van der Waals surface area contributed by atoms with Crippen LogP contribution < -0.4 is 43.4 Å². The molecule has 4 atom stereocenters. The normalized spacial score (nSPS) is 19.2. The Hall–Kier alpha value is -8.48. The third-order valence-electron chi connectivity index (χ3n) is 19.5. The number of carbonyl (C=O) groups excluding carboxylic acids is 3. The lowest BCUT2D eigenvalue weighted by molar-refractivity contribution is -0.122. The monoisotopic (exact) mass is 1610 g/mol. The predicted octanol–water partition coefficient (Wildman–Crippen LogP) is 13.2. The number of aryl methyl sites for hydroxylation is 1. The van der Waals surface area contributed by atoms with Crippen LogP contribution in [-0.2, 0) is 50.9 Å². The van der Waals surface area contributed by atoms with Gasteiger partial charge in [-0.3, -0.25) is 43.2 Å². The molecule has 6 aromatic carbocycles. The van der Waals surface area contributed by atoms with E-state index in [1.165, 1.54) is 94.9 Å². The van der Waals surface area contributed by atoms with E-state index >= 15 is 0 Å². The minimum atomic E-state index is -3.78. The van der Waals surface area contributed by atoms with Gasteiger partial charge in [0.15, 0.2) is 27.0 Å². The number of ether oxygens (including phenoxy) is 1. The van der Waals surface area contributed by atoms with Gasteiger partial charge in [-0.2, -0.15) is 0 Å². The second-order valence-corrected chi connectivity index (χ2v) is 34.6. The topological polar surface area (TPSA) is 264 Å². The van der Waals surface area contributed by atoms with Crippen LogP contribution >= 0.6 is 57.2 Å². The zero-order valence-electron chi connectivity index (χ0n) is 57.4. The van der Waals surface area contributed by atoms with Crippen molar-refractivity contribution in [1.29, 1.82) is 0 Å². The number of hydrogen-bond acceptors (Lipinski definition) is 21. The fraction of sp³-hybridized carbons (Fsp3) is 0.324. The number of methoxy groups -OCH3 is 1. The van der Waals surface area contributed by atoms with Crippen LogP contribution in [0.4, 0.5) is 57.0 Å². The molecule has 106 heavy (non-hydrogen) atoms. The SMILES string of the molecule is COc1ccc(Cl)cc1N1CCN([C@H]2CCN(c3ccc(S(=O)(=O)Nc4nccs4)cc3)C2=O)CC1.C[C@@H](c1ccc(F)c(F)c1)N1CCN([C@H]2CCN(c3ccc(S(=O)(=O)Nc4nccs4)cc3)C2=O)CC1.Cc1cnc(NS(=O)(=O)c2ccc(N3CC[C@H](N4CCc5c4ccc(F)c5Cl)C3=O)cc2)s1.[HH].[HH].[HH].[HH].[HH].[HH].[HH]. The number of benzene rings is 6. The molecule has 35 heteroatoms. The third-order valence-corrected chi connectivity index (χ3v) is 26.8. The predicted molar refractivity (Wildman–Crippen MR) is 422 cm³/mol. The van der Waals surface area contributed by atoms with Gasteiger partial charge in [-0.25, -0.2) is 53.4 Å². The Kier molecular flexibility index (Phi) is 23.0. The lowest BCUT2D eigenvalue weighted by atomic mass is 10.1. The lowest BCUT2D eigenvalue weighted by Crippen LogP contribution is -2.52. The number of nitrogens with zero attached hydrogens (tertiary/aromatic N) is 11. The number of nitrogens with one attached hydrogen (secondary N) is 3. The van der Waals surface area contributed by atoms with E-state index < -0.39 is 47.5 Å². The number of rotatable bonds is 19. The van der Waals surface area contributed by atoms with E-state index in [4.69, 9.17) is 27.9 Å². The standard InChI is InChI=1S/C25H27F2N5O3S2.C24H26ClN5O4S2.C22H20ClFN4O3S2.7H2/c1-17(18-2-7-21(26)22(27)16-18)30-11-13-31(14-12-30)23-8-10-32(24(23)33)19-3-5-20(6-4-19)37(34,35)29-25-28-9-15-36-25;1-34-22-7-2-17(25)16-21(22)29-13-11-28(12-14-29)20-8-10-30(23(20)31)18-3-5-19(6-4-18)36(32,33)27-24-26-9-15-35-24;1-13-12-25-22(32-13)26-33(30,31)15-4-2-14(3-5-15)27-11-9-19(21(27)29)28-10-8-16-18(28)7-6-17(24)20(16)23;;;;;;;/h2-7,9,15-17,23H,8,10-14H2,1H3,(H,28,29);2-7,9,15-16,20H,8,10-14H2,1H3,(H,26,27);2-7,12,19H,8-11H2,1H3,(H,25,26);7*1H/t17-,23-;20-;19-;;;;;;;/m000......./s1. The molecule has 0 radical (unpaired) electrons. The molecule has 0 bridgehead atoms. The summed E-state index contributed by atoms with van der Waals surface area (Å²) in [5.74, 6) is -1.40. The number of halogens is 5. The molecule has 3 N–H and O–H groups in total. The molecule has 0 aliphatic carbocycles. The molecule has 3 aromatic heterocycles. The van der Waals surface area contributed by atoms with Gasteiger partial charge in [0.2, 0.25) is 17.7 Å². The number of piperazine rings is 2. The Morgan fingerprint density at radius 2 is 1.00 bits per heavy atom. The highest BCUT2D eigenvalue weighted by Gasteiger charge is 2.42. The molecule has 3 amide bonds. The van der Waals surface area contributed by atoms with Crippen LogP contribution in [0.25, 0.3) is 0 Å². The minimum Gasteiger partial charge on any atom is -0.495 e. The van der Waals surface area contributed by atoms with Crippen molar-refractivity contribution in [2.24, 2.45) is 0 Å². The first-order chi connectivity index (χ1) is 50.8. The number of aromatic nitrogens is 3. The molecule has 6 aliphatic rings. The maximum absolute atomic E-state index is 13.8. The molecule has 6 aliphatic heterocycles. The zero-order chi connectivity index (χ0) is 74.8. The van der Waals surface area contributed by atoms with Gasteiger partial charge in [0.1, 0.15) is 17.6 Å². The van der Waals surface area contributed by atoms with E-state index in [1.54, 1.807) is 87.3 Å². The van der Waals surface area contributed by atoms with Crippen molar-refractivity contribution in [3.05, 3.63) is 194 Å². The van der Waals surface area contributed by atoms with E-state index in [0.29, 0.717) is 109 Å². The maximum Gasteiger partial charge on any atom is 0.263 e. The smallest absolute Gasteiger partial charge is 0.263 e. The highest BCUT2D eigenvalue weighted by Crippen LogP contribution is 2.40. The lowest BCUT2D eigenvalue weighted by Gasteiger charge is -2.40. The van der Waals surface area contributed by atoms with Crippen molar-refractivity contribution in [3.63, 3.8) is 0 Å². The van der Waals surface area contributed by atoms with Gasteiger partial charge in [-0.1, -0.05) is 29.3 Å². The summed E-state index contributed by atoms with van der Waals surface area (Å²) in [4.78, 5) is 68.8. The summed E-state index contributed by atoms with van der Waals surface area (Å²) in [6, 6.07) is 30.6. The third kappa shape index (κ3) is 16.6. The number of thiazole rings is 3. The summed E-state index contributed by atoms with van der Waals surface area (Å²) in [7, 11) is -9.62. The number of anilines is 8. The number of hydrogen-bond donors (Lipinski definition) is 3. The van der Waals surface area contributed by atoms with Gasteiger partial charge in [-0.15, -0.1) is 34.0 Å². The highest BCUT2D eigenvalue weighted by atomic mass is 35.5. The highest BCUT2D eigenvalue weighted by molar-refractivity contribution is 7.93. The first kappa shape index (κ1) is 75.7. The Morgan fingerprint density at radius 3 is 1.46 bits per heavy atom. The van der Waals surface area contributed by atoms with Gasteiger partial charge in [0, 0.05) is 157 Å². The molecular formula is C71H87Cl2F3N14O10S6. The van der Waals surface area contributed by atoms with Crippen molar-refractivity contribution in [1.82, 2.24) is 29.7 Å². The minimum absolute atomic E-state index is 0. The van der Waals surface area contributed by atoms with E-state index in [1.807, 2.05) is 36.9 Å². The number of fused-ring (bicyclic) bond motifs is 1. The number of carbonyl (C=O) groups is 3. The van der Waals surface area contributed by atoms with E-state index in [2.05, 4.69) is 48.7 Å². The Labute approximate surface area is 644 Å². The van der Waals surface area contributed by atoms with Gasteiger partial charge < -0.3 is 29.2 Å². The summed E-state index contributed by atoms with van der Waals surface area (Å²) in [6.07, 6.45) is 7.27. The van der Waals surface area contributed by atoms with Crippen LogP contribution in [0, 0.1) is 24.4 Å².